The molecule has 11 nitrogen and oxygen atoms in total. The first-order valence-corrected chi connectivity index (χ1v) is 16.4. The van der Waals surface area contributed by atoms with E-state index in [4.69, 9.17) is 11.6 Å². The zero-order chi connectivity index (χ0) is 31.3. The minimum absolute atomic E-state index is 0.00594. The molecule has 0 radical (unpaired) electrons. The van der Waals surface area contributed by atoms with E-state index in [0.717, 1.165) is 30.1 Å². The topological polar surface area (TPSA) is 131 Å². The lowest BCUT2D eigenvalue weighted by Gasteiger charge is -2.40. The maximum atomic E-state index is 16.0. The van der Waals surface area contributed by atoms with Crippen molar-refractivity contribution < 1.29 is 17.6 Å². The van der Waals surface area contributed by atoms with Crippen molar-refractivity contribution in [3.63, 3.8) is 0 Å². The molecule has 1 saturated carbocycles. The van der Waals surface area contributed by atoms with Crippen LogP contribution >= 0.6 is 11.6 Å². The fraction of sp³-hybridized carbons (Fsp3) is 0.333. The van der Waals surface area contributed by atoms with Crippen LogP contribution < -0.4 is 10.6 Å². The molecule has 2 fully saturated rings. The summed E-state index contributed by atoms with van der Waals surface area (Å²) in [5.41, 5.74) is -0.272. The maximum Gasteiger partial charge on any atom is 0.355 e. The molecule has 14 heteroatoms. The van der Waals surface area contributed by atoms with Gasteiger partial charge in [-0.1, -0.05) is 24.6 Å². The smallest absolute Gasteiger partial charge is 0.350 e. The summed E-state index contributed by atoms with van der Waals surface area (Å²) in [4.78, 5) is 47.4. The third-order valence-electron chi connectivity index (χ3n) is 8.23. The average molecular weight is 638 g/mol. The Bertz CT molecular complexity index is 2000. The summed E-state index contributed by atoms with van der Waals surface area (Å²) in [6, 6.07) is 5.41. The number of rotatable bonds is 6. The predicted octanol–water partition coefficient (Wildman–Crippen LogP) is 3.92. The molecule has 228 valence electrons. The van der Waals surface area contributed by atoms with Crippen LogP contribution in [0.15, 0.2) is 59.0 Å². The molecule has 6 rings (SSSR count). The first-order valence-electron chi connectivity index (χ1n) is 14.1. The van der Waals surface area contributed by atoms with Gasteiger partial charge in [-0.3, -0.25) is 9.78 Å². The number of piperazine rings is 1. The van der Waals surface area contributed by atoms with Gasteiger partial charge in [-0.25, -0.2) is 32.1 Å². The SMILES string of the molecule is C=CC(=O)N1CCN(c2nc(=O)n(-c3c(S(C)(=O)=O)ccnc3C3CCC3)c3nc(-c4cccnc4Cl)c(F)cc23)[C@@H](C)C1. The van der Waals surface area contributed by atoms with Gasteiger partial charge in [0.2, 0.25) is 5.91 Å². The third-order valence-corrected chi connectivity index (χ3v) is 9.66. The molecule has 0 aromatic carbocycles. The van der Waals surface area contributed by atoms with Crippen molar-refractivity contribution in [3.05, 3.63) is 76.5 Å². The summed E-state index contributed by atoms with van der Waals surface area (Å²) in [6.45, 7) is 6.38. The van der Waals surface area contributed by atoms with Crippen LogP contribution in [0.2, 0.25) is 5.15 Å². The van der Waals surface area contributed by atoms with Gasteiger partial charge in [-0.15, -0.1) is 0 Å². The monoisotopic (exact) mass is 637 g/mol. The van der Waals surface area contributed by atoms with Crippen LogP contribution in [-0.2, 0) is 14.6 Å². The Hall–Kier alpha value is -4.23. The highest BCUT2D eigenvalue weighted by Gasteiger charge is 2.33. The fourth-order valence-electron chi connectivity index (χ4n) is 5.84. The van der Waals surface area contributed by atoms with Gasteiger partial charge in [-0.2, -0.15) is 4.98 Å². The number of sulfone groups is 1. The van der Waals surface area contributed by atoms with E-state index in [1.165, 1.54) is 30.6 Å². The number of nitrogens with zero attached hydrogens (tertiary/aromatic N) is 7. The normalized spacial score (nSPS) is 17.5. The summed E-state index contributed by atoms with van der Waals surface area (Å²) in [6.07, 6.45) is 7.67. The predicted molar refractivity (Wildman–Crippen MR) is 164 cm³/mol. The lowest BCUT2D eigenvalue weighted by Crippen LogP contribution is -2.54. The third kappa shape index (κ3) is 5.13. The molecule has 44 heavy (non-hydrogen) atoms. The number of hydrogen-bond donors (Lipinski definition) is 0. The second-order valence-electron chi connectivity index (χ2n) is 11.1. The summed E-state index contributed by atoms with van der Waals surface area (Å²) in [5.74, 6) is -0.854. The Kier molecular flexibility index (Phi) is 7.70. The number of anilines is 1. The van der Waals surface area contributed by atoms with E-state index >= 15 is 4.39 Å². The Morgan fingerprint density at radius 3 is 2.57 bits per heavy atom. The van der Waals surface area contributed by atoms with Crippen molar-refractivity contribution in [2.75, 3.05) is 30.8 Å². The molecule has 0 bridgehead atoms. The highest BCUT2D eigenvalue weighted by atomic mass is 35.5. The Morgan fingerprint density at radius 2 is 1.93 bits per heavy atom. The molecule has 2 aliphatic rings. The number of hydrogen-bond acceptors (Lipinski definition) is 9. The largest absolute Gasteiger partial charge is 0.355 e. The molecule has 1 aliphatic heterocycles. The highest BCUT2D eigenvalue weighted by molar-refractivity contribution is 7.90. The van der Waals surface area contributed by atoms with Crippen molar-refractivity contribution >= 4 is 44.2 Å². The van der Waals surface area contributed by atoms with Gasteiger partial charge < -0.3 is 9.80 Å². The Balaban J connectivity index is 1.67. The molecule has 0 N–H and O–H groups in total. The van der Waals surface area contributed by atoms with Crippen molar-refractivity contribution in [1.82, 2.24) is 29.4 Å². The van der Waals surface area contributed by atoms with Crippen LogP contribution in [0.1, 0.15) is 37.8 Å². The standard InChI is InChI=1S/C30H29ClFN7O4S/c1-4-23(40)37-13-14-38(17(2)16-37)28-20-15-21(32)25(19-9-6-11-34-27(19)31)35-29(20)39(30(41)36-28)26-22(44(3,42)43)10-12-33-24(26)18-7-5-8-18/h4,6,9-12,15,17-18H,1,5,7-8,13-14,16H2,2-3H3/t17-/m0/s1. The molecule has 1 aliphatic carbocycles. The van der Waals surface area contributed by atoms with Crippen molar-refractivity contribution in [2.24, 2.45) is 0 Å². The van der Waals surface area contributed by atoms with Crippen LogP contribution in [0.25, 0.3) is 28.0 Å². The number of carbonyl (C=O) groups is 1. The highest BCUT2D eigenvalue weighted by Crippen LogP contribution is 2.41. The molecule has 1 saturated heterocycles. The summed E-state index contributed by atoms with van der Waals surface area (Å²) < 4.78 is 43.3. The maximum absolute atomic E-state index is 16.0. The number of pyridine rings is 3. The van der Waals surface area contributed by atoms with Gasteiger partial charge in [0.1, 0.15) is 22.5 Å². The van der Waals surface area contributed by atoms with E-state index in [0.29, 0.717) is 25.3 Å². The van der Waals surface area contributed by atoms with E-state index in [2.05, 4.69) is 26.5 Å². The van der Waals surface area contributed by atoms with Crippen LogP contribution in [0, 0.1) is 5.82 Å². The van der Waals surface area contributed by atoms with Crippen LogP contribution in [0.3, 0.4) is 0 Å². The molecule has 4 aromatic heterocycles. The average Bonchev–Trinajstić information content (AvgIpc) is 2.95. The van der Waals surface area contributed by atoms with Crippen LogP contribution in [0.4, 0.5) is 10.2 Å². The molecule has 1 atom stereocenters. The summed E-state index contributed by atoms with van der Waals surface area (Å²) >= 11 is 6.34. The number of amides is 1. The molecular formula is C30H29ClFN7O4S. The number of fused-ring (bicyclic) bond motifs is 1. The first-order chi connectivity index (χ1) is 21.0. The minimum Gasteiger partial charge on any atom is -0.350 e. The van der Waals surface area contributed by atoms with Crippen molar-refractivity contribution in [2.45, 2.75) is 43.0 Å². The van der Waals surface area contributed by atoms with Gasteiger partial charge in [0.25, 0.3) is 0 Å². The number of carbonyl (C=O) groups excluding carboxylic acids is 1. The van der Waals surface area contributed by atoms with Gasteiger partial charge in [0, 0.05) is 55.8 Å². The van der Waals surface area contributed by atoms with E-state index in [-0.39, 0.29) is 61.7 Å². The van der Waals surface area contributed by atoms with Crippen molar-refractivity contribution in [3.8, 4) is 16.9 Å². The van der Waals surface area contributed by atoms with Gasteiger partial charge in [0.05, 0.1) is 21.7 Å². The fourth-order valence-corrected chi connectivity index (χ4v) is 6.90. The Morgan fingerprint density at radius 1 is 1.16 bits per heavy atom. The molecule has 4 aromatic rings. The zero-order valence-electron chi connectivity index (χ0n) is 24.1. The summed E-state index contributed by atoms with van der Waals surface area (Å²) in [7, 11) is -3.86. The van der Waals surface area contributed by atoms with Gasteiger partial charge in [0.15, 0.2) is 15.5 Å². The number of halogens is 2. The quantitative estimate of drug-likeness (QED) is 0.228. The van der Waals surface area contributed by atoms with Crippen LogP contribution in [0.5, 0.6) is 0 Å². The first kappa shape index (κ1) is 29.8. The molecule has 5 heterocycles. The van der Waals surface area contributed by atoms with Crippen LogP contribution in [-0.4, -0.2) is 75.7 Å². The second kappa shape index (κ2) is 11.4. The van der Waals surface area contributed by atoms with Gasteiger partial charge in [-0.05, 0) is 50.1 Å². The zero-order valence-corrected chi connectivity index (χ0v) is 25.6. The number of aromatic nitrogens is 5. The Labute approximate surface area is 258 Å². The van der Waals surface area contributed by atoms with Crippen molar-refractivity contribution in [1.29, 1.82) is 0 Å². The molecular weight excluding hydrogens is 609 g/mol. The molecule has 1 amide bonds. The summed E-state index contributed by atoms with van der Waals surface area (Å²) in [5, 5.41) is 0.190. The molecule has 0 unspecified atom stereocenters. The van der Waals surface area contributed by atoms with E-state index in [1.807, 2.05) is 11.8 Å². The van der Waals surface area contributed by atoms with E-state index in [1.54, 1.807) is 17.0 Å². The van der Waals surface area contributed by atoms with E-state index in [9.17, 15) is 18.0 Å². The van der Waals surface area contributed by atoms with Gasteiger partial charge >= 0.3 is 5.69 Å². The lowest BCUT2D eigenvalue weighted by atomic mass is 9.82. The van der Waals surface area contributed by atoms with E-state index < -0.39 is 21.3 Å². The lowest BCUT2D eigenvalue weighted by molar-refractivity contribution is -0.126. The second-order valence-corrected chi connectivity index (χ2v) is 13.4. The molecule has 0 spiro atoms. The minimum atomic E-state index is -3.86.